The lowest BCUT2D eigenvalue weighted by Crippen LogP contribution is -2.02. The molecule has 2 N–H and O–H groups in total. The minimum absolute atomic E-state index is 0.0492. The zero-order valence-electron chi connectivity index (χ0n) is 11.7. The summed E-state index contributed by atoms with van der Waals surface area (Å²) in [6, 6.07) is 2.04. The number of hydrogen-bond donors (Lipinski definition) is 2. The van der Waals surface area contributed by atoms with Gasteiger partial charge in [-0.05, 0) is 23.3 Å². The second kappa shape index (κ2) is 4.99. The van der Waals surface area contributed by atoms with Crippen molar-refractivity contribution in [3.63, 3.8) is 0 Å². The molecule has 2 nitrogen and oxygen atoms in total. The van der Waals surface area contributed by atoms with Crippen molar-refractivity contribution in [3.05, 3.63) is 22.8 Å². The van der Waals surface area contributed by atoms with Gasteiger partial charge in [-0.3, -0.25) is 0 Å². The molecule has 1 aromatic rings. The van der Waals surface area contributed by atoms with Gasteiger partial charge < -0.3 is 10.2 Å². The zero-order chi connectivity index (χ0) is 13.3. The van der Waals surface area contributed by atoms with E-state index < -0.39 is 0 Å². The first-order valence-electron chi connectivity index (χ1n) is 6.35. The van der Waals surface area contributed by atoms with Crippen LogP contribution in [0.2, 0.25) is 0 Å². The summed E-state index contributed by atoms with van der Waals surface area (Å²) in [6.07, 6.45) is 0. The lowest BCUT2D eigenvalue weighted by Gasteiger charge is -2.22. The molecule has 96 valence electrons. The minimum atomic E-state index is 0.0492. The number of hydrogen-bond acceptors (Lipinski definition) is 2. The molecule has 0 aliphatic carbocycles. The molecule has 0 aliphatic heterocycles. The summed E-state index contributed by atoms with van der Waals surface area (Å²) in [5.41, 5.74) is 2.84. The zero-order valence-corrected chi connectivity index (χ0v) is 11.7. The second-order valence-corrected chi connectivity index (χ2v) is 5.63. The molecule has 0 unspecified atom stereocenters. The third-order valence-corrected chi connectivity index (χ3v) is 3.20. The molecular formula is C15H24O2. The fraction of sp³-hybridized carbons (Fsp3) is 0.600. The third kappa shape index (κ3) is 2.56. The molecule has 0 atom stereocenters. The molecular weight excluding hydrogens is 212 g/mol. The fourth-order valence-corrected chi connectivity index (χ4v) is 2.24. The standard InChI is InChI=1S/C15H24O2/c1-8(2)11-7-12(9(3)4)14(16)15(17)13(11)10(5)6/h7-10,16-17H,1-6H3. The molecule has 0 amide bonds. The SMILES string of the molecule is CC(C)c1cc(C(C)C)c(C(C)C)c(O)c1O. The van der Waals surface area contributed by atoms with Crippen molar-refractivity contribution < 1.29 is 10.2 Å². The van der Waals surface area contributed by atoms with E-state index in [-0.39, 0.29) is 23.3 Å². The van der Waals surface area contributed by atoms with E-state index in [9.17, 15) is 10.2 Å². The minimum Gasteiger partial charge on any atom is -0.504 e. The Morgan fingerprint density at radius 1 is 0.706 bits per heavy atom. The van der Waals surface area contributed by atoms with E-state index in [0.29, 0.717) is 5.92 Å². The Kier molecular flexibility index (Phi) is 4.07. The van der Waals surface area contributed by atoms with Crippen LogP contribution in [0.1, 0.15) is 76.0 Å². The summed E-state index contributed by atoms with van der Waals surface area (Å²) in [6.45, 7) is 12.3. The molecule has 0 saturated carbocycles. The highest BCUT2D eigenvalue weighted by molar-refractivity contribution is 5.56. The molecule has 0 radical (unpaired) electrons. The number of aromatic hydroxyl groups is 2. The quantitative estimate of drug-likeness (QED) is 0.760. The van der Waals surface area contributed by atoms with Crippen LogP contribution in [0.25, 0.3) is 0 Å². The Morgan fingerprint density at radius 2 is 1.18 bits per heavy atom. The van der Waals surface area contributed by atoms with Gasteiger partial charge in [0.2, 0.25) is 0 Å². The first-order valence-corrected chi connectivity index (χ1v) is 6.35. The molecule has 0 fully saturated rings. The van der Waals surface area contributed by atoms with Gasteiger partial charge in [0.25, 0.3) is 0 Å². The topological polar surface area (TPSA) is 40.5 Å². The Labute approximate surface area is 104 Å². The van der Waals surface area contributed by atoms with E-state index in [1.54, 1.807) is 0 Å². The van der Waals surface area contributed by atoms with Crippen molar-refractivity contribution in [2.24, 2.45) is 0 Å². The number of phenols is 2. The highest BCUT2D eigenvalue weighted by Gasteiger charge is 2.21. The van der Waals surface area contributed by atoms with Crippen LogP contribution >= 0.6 is 0 Å². The Morgan fingerprint density at radius 3 is 1.53 bits per heavy atom. The average molecular weight is 236 g/mol. The number of benzene rings is 1. The van der Waals surface area contributed by atoms with E-state index in [2.05, 4.69) is 13.8 Å². The highest BCUT2D eigenvalue weighted by atomic mass is 16.3. The first-order chi connectivity index (χ1) is 7.77. The molecule has 2 heteroatoms. The van der Waals surface area contributed by atoms with Crippen molar-refractivity contribution in [2.45, 2.75) is 59.3 Å². The van der Waals surface area contributed by atoms with Gasteiger partial charge in [-0.2, -0.15) is 0 Å². The van der Waals surface area contributed by atoms with E-state index >= 15 is 0 Å². The molecule has 0 heterocycles. The molecule has 1 aromatic carbocycles. The molecule has 1 rings (SSSR count). The van der Waals surface area contributed by atoms with Gasteiger partial charge in [-0.25, -0.2) is 0 Å². The Bertz CT molecular complexity index is 404. The maximum Gasteiger partial charge on any atom is 0.161 e. The molecule has 17 heavy (non-hydrogen) atoms. The van der Waals surface area contributed by atoms with Gasteiger partial charge in [-0.15, -0.1) is 0 Å². The van der Waals surface area contributed by atoms with Gasteiger partial charge in [0.15, 0.2) is 11.5 Å². The van der Waals surface area contributed by atoms with Crippen LogP contribution in [0.3, 0.4) is 0 Å². The lowest BCUT2D eigenvalue weighted by atomic mass is 9.85. The van der Waals surface area contributed by atoms with Crippen LogP contribution in [0.15, 0.2) is 6.07 Å². The molecule has 0 spiro atoms. The monoisotopic (exact) mass is 236 g/mol. The smallest absolute Gasteiger partial charge is 0.161 e. The van der Waals surface area contributed by atoms with Gasteiger partial charge in [0.05, 0.1) is 0 Å². The summed E-state index contributed by atoms with van der Waals surface area (Å²) >= 11 is 0. The van der Waals surface area contributed by atoms with Crippen molar-refractivity contribution in [1.29, 1.82) is 0 Å². The molecule has 0 bridgehead atoms. The molecule has 0 aliphatic rings. The van der Waals surface area contributed by atoms with Crippen LogP contribution in [0, 0.1) is 0 Å². The summed E-state index contributed by atoms with van der Waals surface area (Å²) in [5, 5.41) is 20.2. The van der Waals surface area contributed by atoms with Crippen molar-refractivity contribution in [2.75, 3.05) is 0 Å². The molecule has 0 aromatic heterocycles. The van der Waals surface area contributed by atoms with Crippen LogP contribution in [0.4, 0.5) is 0 Å². The van der Waals surface area contributed by atoms with Gasteiger partial charge >= 0.3 is 0 Å². The number of rotatable bonds is 3. The predicted octanol–water partition coefficient (Wildman–Crippen LogP) is 4.47. The summed E-state index contributed by atoms with van der Waals surface area (Å²) in [5.74, 6) is 0.874. The summed E-state index contributed by atoms with van der Waals surface area (Å²) < 4.78 is 0. The second-order valence-electron chi connectivity index (χ2n) is 5.63. The lowest BCUT2D eigenvalue weighted by molar-refractivity contribution is 0.390. The van der Waals surface area contributed by atoms with Crippen molar-refractivity contribution in [1.82, 2.24) is 0 Å². The Balaban J connectivity index is 3.57. The van der Waals surface area contributed by atoms with E-state index in [0.717, 1.165) is 16.7 Å². The van der Waals surface area contributed by atoms with Crippen LogP contribution in [0.5, 0.6) is 11.5 Å². The maximum atomic E-state index is 10.2. The van der Waals surface area contributed by atoms with Crippen molar-refractivity contribution in [3.8, 4) is 11.5 Å². The van der Waals surface area contributed by atoms with E-state index in [1.165, 1.54) is 0 Å². The van der Waals surface area contributed by atoms with Gasteiger partial charge in [0, 0.05) is 11.1 Å². The van der Waals surface area contributed by atoms with Crippen molar-refractivity contribution >= 4 is 0 Å². The van der Waals surface area contributed by atoms with Gasteiger partial charge in [0.1, 0.15) is 0 Å². The predicted molar refractivity (Wildman–Crippen MR) is 72.0 cm³/mol. The number of phenolic OH excluding ortho intramolecular Hbond substituents is 2. The fourth-order valence-electron chi connectivity index (χ4n) is 2.24. The van der Waals surface area contributed by atoms with Gasteiger partial charge in [-0.1, -0.05) is 47.6 Å². The normalized spacial score (nSPS) is 11.8. The Hall–Kier alpha value is -1.18. The highest BCUT2D eigenvalue weighted by Crippen LogP contribution is 2.43. The van der Waals surface area contributed by atoms with E-state index in [4.69, 9.17) is 0 Å². The summed E-state index contributed by atoms with van der Waals surface area (Å²) in [4.78, 5) is 0. The molecule has 0 saturated heterocycles. The van der Waals surface area contributed by atoms with Crippen LogP contribution in [-0.4, -0.2) is 10.2 Å². The van der Waals surface area contributed by atoms with Crippen LogP contribution < -0.4 is 0 Å². The maximum absolute atomic E-state index is 10.2. The average Bonchev–Trinajstić information content (AvgIpc) is 2.19. The third-order valence-electron chi connectivity index (χ3n) is 3.20. The van der Waals surface area contributed by atoms with Crippen LogP contribution in [-0.2, 0) is 0 Å². The largest absolute Gasteiger partial charge is 0.504 e. The van der Waals surface area contributed by atoms with E-state index in [1.807, 2.05) is 33.8 Å². The summed E-state index contributed by atoms with van der Waals surface area (Å²) in [7, 11) is 0. The first kappa shape index (κ1) is 13.9.